The summed E-state index contributed by atoms with van der Waals surface area (Å²) in [6.07, 6.45) is 5.08. The van der Waals surface area contributed by atoms with Gasteiger partial charge >= 0.3 is 0 Å². The maximum absolute atomic E-state index is 10.4. The van der Waals surface area contributed by atoms with Gasteiger partial charge in [0.05, 0.1) is 11.7 Å². The Labute approximate surface area is 132 Å². The highest BCUT2D eigenvalue weighted by Crippen LogP contribution is 2.46. The van der Waals surface area contributed by atoms with Gasteiger partial charge in [-0.15, -0.1) is 0 Å². The molecule has 2 aliphatic rings. The Morgan fingerprint density at radius 2 is 2.14 bits per heavy atom. The molecule has 22 heavy (non-hydrogen) atoms. The highest BCUT2D eigenvalue weighted by Gasteiger charge is 2.45. The van der Waals surface area contributed by atoms with Crippen LogP contribution in [0.15, 0.2) is 12.1 Å². The van der Waals surface area contributed by atoms with E-state index < -0.39 is 0 Å². The van der Waals surface area contributed by atoms with Crippen molar-refractivity contribution >= 4 is 5.82 Å². The normalized spacial score (nSPS) is 28.3. The number of aromatic nitrogens is 1. The van der Waals surface area contributed by atoms with Crippen LogP contribution in [0.3, 0.4) is 0 Å². The molecular formula is C18H25N3O. The van der Waals surface area contributed by atoms with Crippen LogP contribution in [0.2, 0.25) is 0 Å². The molecule has 1 aromatic rings. The third-order valence-electron chi connectivity index (χ3n) is 5.38. The zero-order valence-electron chi connectivity index (χ0n) is 13.5. The smallest absolute Gasteiger partial charge is 0.146 e. The van der Waals surface area contributed by atoms with Crippen LogP contribution in [0.5, 0.6) is 0 Å². The number of anilines is 1. The van der Waals surface area contributed by atoms with Crippen LogP contribution in [0.1, 0.15) is 63.1 Å². The molecule has 118 valence electrons. The Balaban J connectivity index is 1.93. The molecule has 1 spiro atoms. The first-order valence-electron chi connectivity index (χ1n) is 8.40. The Kier molecular flexibility index (Phi) is 4.10. The Hall–Kier alpha value is -1.60. The second-order valence-electron chi connectivity index (χ2n) is 7.17. The van der Waals surface area contributed by atoms with E-state index in [0.717, 1.165) is 56.7 Å². The van der Waals surface area contributed by atoms with Crippen molar-refractivity contribution in [2.75, 3.05) is 18.0 Å². The van der Waals surface area contributed by atoms with Gasteiger partial charge in [-0.3, -0.25) is 0 Å². The zero-order valence-corrected chi connectivity index (χ0v) is 13.5. The van der Waals surface area contributed by atoms with Crippen molar-refractivity contribution in [1.29, 1.82) is 5.26 Å². The minimum atomic E-state index is -0.200. The Morgan fingerprint density at radius 3 is 2.77 bits per heavy atom. The molecule has 2 fully saturated rings. The van der Waals surface area contributed by atoms with Gasteiger partial charge in [0, 0.05) is 24.2 Å². The fraction of sp³-hybridized carbons (Fsp3) is 0.667. The molecule has 1 aliphatic heterocycles. The highest BCUT2D eigenvalue weighted by molar-refractivity contribution is 5.55. The van der Waals surface area contributed by atoms with Crippen LogP contribution in [0.4, 0.5) is 5.82 Å². The molecule has 0 amide bonds. The van der Waals surface area contributed by atoms with Gasteiger partial charge < -0.3 is 10.0 Å². The minimum absolute atomic E-state index is 0.0144. The van der Waals surface area contributed by atoms with Gasteiger partial charge in [-0.25, -0.2) is 4.98 Å². The van der Waals surface area contributed by atoms with Crippen LogP contribution >= 0.6 is 0 Å². The lowest BCUT2D eigenvalue weighted by Crippen LogP contribution is -2.47. The van der Waals surface area contributed by atoms with E-state index in [1.165, 1.54) is 0 Å². The molecule has 0 unspecified atom stereocenters. The van der Waals surface area contributed by atoms with E-state index in [4.69, 9.17) is 4.98 Å². The zero-order chi connectivity index (χ0) is 15.7. The van der Waals surface area contributed by atoms with Crippen LogP contribution in [0.25, 0.3) is 0 Å². The Bertz CT molecular complexity index is 592. The molecule has 1 N–H and O–H groups in total. The van der Waals surface area contributed by atoms with Gasteiger partial charge in [-0.2, -0.15) is 5.26 Å². The summed E-state index contributed by atoms with van der Waals surface area (Å²) in [5.74, 6) is 1.16. The van der Waals surface area contributed by atoms with Crippen molar-refractivity contribution in [3.05, 3.63) is 23.4 Å². The Morgan fingerprint density at radius 1 is 1.36 bits per heavy atom. The van der Waals surface area contributed by atoms with E-state index in [2.05, 4.69) is 24.8 Å². The lowest BCUT2D eigenvalue weighted by atomic mass is 9.76. The molecule has 1 saturated heterocycles. The topological polar surface area (TPSA) is 60.2 Å². The van der Waals surface area contributed by atoms with Gasteiger partial charge in [0.15, 0.2) is 0 Å². The molecule has 0 bridgehead atoms. The lowest BCUT2D eigenvalue weighted by molar-refractivity contribution is 0.0407. The van der Waals surface area contributed by atoms with Crippen molar-refractivity contribution in [3.63, 3.8) is 0 Å². The summed E-state index contributed by atoms with van der Waals surface area (Å²) in [4.78, 5) is 7.01. The van der Waals surface area contributed by atoms with E-state index >= 15 is 0 Å². The van der Waals surface area contributed by atoms with E-state index in [0.29, 0.717) is 11.5 Å². The standard InChI is InChI=1S/C18H25N3O/c1-13(2)15-7-6-14(11-19)17(20-15)21-10-4-9-18(12-21)8-3-5-16(18)22/h6-7,13,16,22H,3-5,8-10,12H2,1-2H3/t16-,18+/m1/s1. The van der Waals surface area contributed by atoms with Crippen LogP contribution in [-0.4, -0.2) is 29.3 Å². The van der Waals surface area contributed by atoms with Crippen LogP contribution in [0, 0.1) is 16.7 Å². The van der Waals surface area contributed by atoms with Crippen LogP contribution in [-0.2, 0) is 0 Å². The predicted molar refractivity (Wildman–Crippen MR) is 86.8 cm³/mol. The summed E-state index contributed by atoms with van der Waals surface area (Å²) in [6, 6.07) is 6.13. The number of piperidine rings is 1. The summed E-state index contributed by atoms with van der Waals surface area (Å²) in [5, 5.41) is 19.8. The number of nitrogens with zero attached hydrogens (tertiary/aromatic N) is 3. The van der Waals surface area contributed by atoms with Crippen LogP contribution < -0.4 is 4.90 Å². The fourth-order valence-electron chi connectivity index (χ4n) is 4.05. The number of hydrogen-bond donors (Lipinski definition) is 1. The third-order valence-corrected chi connectivity index (χ3v) is 5.38. The molecule has 1 aromatic heterocycles. The summed E-state index contributed by atoms with van der Waals surface area (Å²) < 4.78 is 0. The molecule has 3 rings (SSSR count). The lowest BCUT2D eigenvalue weighted by Gasteiger charge is -2.43. The van der Waals surface area contributed by atoms with E-state index in [-0.39, 0.29) is 11.5 Å². The quantitative estimate of drug-likeness (QED) is 0.911. The van der Waals surface area contributed by atoms with Gasteiger partial charge in [-0.05, 0) is 43.7 Å². The maximum atomic E-state index is 10.4. The van der Waals surface area contributed by atoms with E-state index in [1.807, 2.05) is 12.1 Å². The maximum Gasteiger partial charge on any atom is 0.146 e. The number of hydrogen-bond acceptors (Lipinski definition) is 4. The number of rotatable bonds is 2. The molecule has 1 saturated carbocycles. The first-order valence-corrected chi connectivity index (χ1v) is 8.40. The second-order valence-corrected chi connectivity index (χ2v) is 7.17. The number of nitriles is 1. The first-order chi connectivity index (χ1) is 10.6. The molecule has 4 heteroatoms. The van der Waals surface area contributed by atoms with E-state index in [9.17, 15) is 10.4 Å². The van der Waals surface area contributed by atoms with Gasteiger partial charge in [0.25, 0.3) is 0 Å². The largest absolute Gasteiger partial charge is 0.392 e. The molecular weight excluding hydrogens is 274 g/mol. The SMILES string of the molecule is CC(C)c1ccc(C#N)c(N2CCC[C@@]3(CCC[C@H]3O)C2)n1. The monoisotopic (exact) mass is 299 g/mol. The average molecular weight is 299 g/mol. The van der Waals surface area contributed by atoms with Gasteiger partial charge in [0.1, 0.15) is 11.9 Å². The minimum Gasteiger partial charge on any atom is -0.392 e. The summed E-state index contributed by atoms with van der Waals surface area (Å²) in [7, 11) is 0. The van der Waals surface area contributed by atoms with Crippen molar-refractivity contribution in [3.8, 4) is 6.07 Å². The molecule has 4 nitrogen and oxygen atoms in total. The molecule has 2 atom stereocenters. The molecule has 2 heterocycles. The summed E-state index contributed by atoms with van der Waals surface area (Å²) in [5.41, 5.74) is 1.69. The summed E-state index contributed by atoms with van der Waals surface area (Å²) >= 11 is 0. The van der Waals surface area contributed by atoms with Gasteiger partial charge in [0.2, 0.25) is 0 Å². The highest BCUT2D eigenvalue weighted by atomic mass is 16.3. The van der Waals surface area contributed by atoms with E-state index in [1.54, 1.807) is 0 Å². The number of aliphatic hydroxyl groups is 1. The molecule has 0 aromatic carbocycles. The number of pyridine rings is 1. The molecule has 0 radical (unpaired) electrons. The van der Waals surface area contributed by atoms with Crippen molar-refractivity contribution in [2.45, 2.75) is 58.0 Å². The second kappa shape index (κ2) is 5.89. The average Bonchev–Trinajstić information content (AvgIpc) is 2.87. The number of aliphatic hydroxyl groups excluding tert-OH is 1. The van der Waals surface area contributed by atoms with Gasteiger partial charge in [-0.1, -0.05) is 20.3 Å². The predicted octanol–water partition coefficient (Wildman–Crippen LogP) is 3.21. The molecule has 1 aliphatic carbocycles. The van der Waals surface area contributed by atoms with Crippen molar-refractivity contribution in [1.82, 2.24) is 4.98 Å². The first kappa shape index (κ1) is 15.3. The van der Waals surface area contributed by atoms with Crippen molar-refractivity contribution < 1.29 is 5.11 Å². The fourth-order valence-corrected chi connectivity index (χ4v) is 4.05. The summed E-state index contributed by atoms with van der Waals surface area (Å²) in [6.45, 7) is 6.00. The third kappa shape index (κ3) is 2.59. The van der Waals surface area contributed by atoms with Crippen molar-refractivity contribution in [2.24, 2.45) is 5.41 Å².